The number of para-hydroxylation sites is 2. The quantitative estimate of drug-likeness (QED) is 0.934. The first-order valence-electron chi connectivity index (χ1n) is 8.08. The largest absolute Gasteiger partial charge is 0.494 e. The molecular weight excluding hydrogens is 276 g/mol. The first kappa shape index (κ1) is 15.1. The summed E-state index contributed by atoms with van der Waals surface area (Å²) >= 11 is 0. The fourth-order valence-electron chi connectivity index (χ4n) is 3.38. The number of benzene rings is 1. The summed E-state index contributed by atoms with van der Waals surface area (Å²) in [6, 6.07) is 7.80. The number of nitrogens with zero attached hydrogens (tertiary/aromatic N) is 2. The van der Waals surface area contributed by atoms with Crippen molar-refractivity contribution in [3.8, 4) is 11.4 Å². The zero-order chi connectivity index (χ0) is 15.5. The minimum absolute atomic E-state index is 0.341. The summed E-state index contributed by atoms with van der Waals surface area (Å²) in [6.07, 6.45) is 7.43. The fourth-order valence-corrected chi connectivity index (χ4v) is 3.38. The standard InChI is InChI=1S/C18H24N2O2/c1-13-12-20(15-10-6-7-11-16(15)22-2)19-17(13)18(21)14-8-4-3-5-9-14/h6-7,10-12,14,18,21H,3-5,8-9H2,1-2H3. The minimum Gasteiger partial charge on any atom is -0.494 e. The molecule has 1 aromatic carbocycles. The van der Waals surface area contributed by atoms with Crippen molar-refractivity contribution in [3.05, 3.63) is 41.7 Å². The molecule has 3 rings (SSSR count). The van der Waals surface area contributed by atoms with E-state index in [1.54, 1.807) is 7.11 Å². The summed E-state index contributed by atoms with van der Waals surface area (Å²) in [5, 5.41) is 15.4. The molecule has 1 unspecified atom stereocenters. The van der Waals surface area contributed by atoms with Gasteiger partial charge < -0.3 is 9.84 Å². The van der Waals surface area contributed by atoms with Crippen molar-refractivity contribution in [1.82, 2.24) is 9.78 Å². The van der Waals surface area contributed by atoms with Crippen molar-refractivity contribution in [2.75, 3.05) is 7.11 Å². The van der Waals surface area contributed by atoms with Crippen molar-refractivity contribution >= 4 is 0 Å². The molecule has 1 fully saturated rings. The van der Waals surface area contributed by atoms with E-state index >= 15 is 0 Å². The number of methoxy groups -OCH3 is 1. The van der Waals surface area contributed by atoms with Crippen LogP contribution in [0.25, 0.3) is 5.69 Å². The third kappa shape index (κ3) is 2.88. The SMILES string of the molecule is COc1ccccc1-n1cc(C)c(C(O)C2CCCCC2)n1. The van der Waals surface area contributed by atoms with E-state index in [0.29, 0.717) is 5.92 Å². The topological polar surface area (TPSA) is 47.3 Å². The van der Waals surface area contributed by atoms with E-state index in [9.17, 15) is 5.11 Å². The molecule has 1 saturated carbocycles. The van der Waals surface area contributed by atoms with Gasteiger partial charge in [0.2, 0.25) is 0 Å². The van der Waals surface area contributed by atoms with Crippen LogP contribution in [0.5, 0.6) is 5.75 Å². The Labute approximate surface area is 131 Å². The van der Waals surface area contributed by atoms with Gasteiger partial charge in [-0.05, 0) is 43.4 Å². The highest BCUT2D eigenvalue weighted by Gasteiger charge is 2.26. The average molecular weight is 300 g/mol. The molecule has 0 bridgehead atoms. The molecule has 118 valence electrons. The number of aliphatic hydroxyl groups excluding tert-OH is 1. The second-order valence-electron chi connectivity index (χ2n) is 6.16. The molecule has 1 aliphatic carbocycles. The normalized spacial score (nSPS) is 17.4. The maximum atomic E-state index is 10.7. The Hall–Kier alpha value is -1.81. The van der Waals surface area contributed by atoms with Crippen molar-refractivity contribution in [2.45, 2.75) is 45.1 Å². The Morgan fingerprint density at radius 3 is 2.68 bits per heavy atom. The van der Waals surface area contributed by atoms with Crippen LogP contribution in [-0.4, -0.2) is 22.0 Å². The zero-order valence-corrected chi connectivity index (χ0v) is 13.3. The molecule has 0 amide bonds. The van der Waals surface area contributed by atoms with Gasteiger partial charge in [-0.2, -0.15) is 5.10 Å². The van der Waals surface area contributed by atoms with E-state index in [4.69, 9.17) is 4.74 Å². The van der Waals surface area contributed by atoms with Crippen LogP contribution in [0, 0.1) is 12.8 Å². The van der Waals surface area contributed by atoms with Gasteiger partial charge in [-0.3, -0.25) is 0 Å². The fraction of sp³-hybridized carbons (Fsp3) is 0.500. The molecule has 0 aliphatic heterocycles. The van der Waals surface area contributed by atoms with Crippen LogP contribution in [0.1, 0.15) is 49.5 Å². The Bertz CT molecular complexity index is 630. The van der Waals surface area contributed by atoms with Gasteiger partial charge in [-0.25, -0.2) is 4.68 Å². The van der Waals surface area contributed by atoms with Gasteiger partial charge in [0.15, 0.2) is 0 Å². The number of aryl methyl sites for hydroxylation is 1. The predicted octanol–water partition coefficient (Wildman–Crippen LogP) is 3.80. The van der Waals surface area contributed by atoms with Gasteiger partial charge in [0.1, 0.15) is 17.5 Å². The first-order chi connectivity index (χ1) is 10.7. The monoisotopic (exact) mass is 300 g/mol. The summed E-state index contributed by atoms with van der Waals surface area (Å²) in [5.41, 5.74) is 2.73. The highest BCUT2D eigenvalue weighted by molar-refractivity contribution is 5.46. The number of aromatic nitrogens is 2. The lowest BCUT2D eigenvalue weighted by Crippen LogP contribution is -2.17. The van der Waals surface area contributed by atoms with Gasteiger partial charge in [0, 0.05) is 6.20 Å². The molecule has 22 heavy (non-hydrogen) atoms. The maximum Gasteiger partial charge on any atom is 0.144 e. The molecule has 1 heterocycles. The van der Waals surface area contributed by atoms with Crippen LogP contribution in [-0.2, 0) is 0 Å². The summed E-state index contributed by atoms with van der Waals surface area (Å²) < 4.78 is 7.22. The third-order valence-electron chi connectivity index (χ3n) is 4.64. The lowest BCUT2D eigenvalue weighted by atomic mass is 9.83. The van der Waals surface area contributed by atoms with Crippen molar-refractivity contribution in [3.63, 3.8) is 0 Å². The smallest absolute Gasteiger partial charge is 0.144 e. The number of hydrogen-bond donors (Lipinski definition) is 1. The number of hydrogen-bond acceptors (Lipinski definition) is 3. The summed E-state index contributed by atoms with van der Waals surface area (Å²) in [4.78, 5) is 0. The zero-order valence-electron chi connectivity index (χ0n) is 13.3. The predicted molar refractivity (Wildman–Crippen MR) is 86.4 cm³/mol. The van der Waals surface area contributed by atoms with Crippen LogP contribution in [0.2, 0.25) is 0 Å². The van der Waals surface area contributed by atoms with Crippen LogP contribution in [0.3, 0.4) is 0 Å². The van der Waals surface area contributed by atoms with E-state index < -0.39 is 6.10 Å². The molecule has 0 radical (unpaired) electrons. The minimum atomic E-state index is -0.462. The Kier molecular flexibility index (Phi) is 4.48. The second kappa shape index (κ2) is 6.53. The summed E-state index contributed by atoms with van der Waals surface area (Å²) in [5.74, 6) is 1.12. The lowest BCUT2D eigenvalue weighted by Gasteiger charge is -2.25. The van der Waals surface area contributed by atoms with Crippen molar-refractivity contribution in [2.24, 2.45) is 5.92 Å². The molecule has 4 nitrogen and oxygen atoms in total. The molecule has 1 N–H and O–H groups in total. The van der Waals surface area contributed by atoms with Crippen LogP contribution in [0.4, 0.5) is 0 Å². The van der Waals surface area contributed by atoms with Gasteiger partial charge in [-0.1, -0.05) is 31.4 Å². The van der Waals surface area contributed by atoms with E-state index in [2.05, 4.69) is 5.10 Å². The number of rotatable bonds is 4. The third-order valence-corrected chi connectivity index (χ3v) is 4.64. The molecule has 1 aliphatic rings. The highest BCUT2D eigenvalue weighted by Crippen LogP contribution is 2.35. The van der Waals surface area contributed by atoms with Crippen LogP contribution < -0.4 is 4.74 Å². The molecule has 2 aromatic rings. The molecule has 4 heteroatoms. The summed E-state index contributed by atoms with van der Waals surface area (Å²) in [6.45, 7) is 2.01. The molecule has 0 saturated heterocycles. The Morgan fingerprint density at radius 1 is 1.23 bits per heavy atom. The van der Waals surface area contributed by atoms with Crippen molar-refractivity contribution < 1.29 is 9.84 Å². The van der Waals surface area contributed by atoms with E-state index in [1.807, 2.05) is 42.1 Å². The van der Waals surface area contributed by atoms with Gasteiger partial charge in [-0.15, -0.1) is 0 Å². The molecular formula is C18H24N2O2. The van der Waals surface area contributed by atoms with Gasteiger partial charge in [0.05, 0.1) is 12.8 Å². The van der Waals surface area contributed by atoms with Crippen LogP contribution >= 0.6 is 0 Å². The van der Waals surface area contributed by atoms with Crippen LogP contribution in [0.15, 0.2) is 30.5 Å². The number of ether oxygens (including phenoxy) is 1. The summed E-state index contributed by atoms with van der Waals surface area (Å²) in [7, 11) is 1.66. The molecule has 0 spiro atoms. The average Bonchev–Trinajstić information content (AvgIpc) is 2.96. The molecule has 1 aromatic heterocycles. The maximum absolute atomic E-state index is 10.7. The van der Waals surface area contributed by atoms with E-state index in [0.717, 1.165) is 35.5 Å². The van der Waals surface area contributed by atoms with E-state index in [1.165, 1.54) is 19.3 Å². The Balaban J connectivity index is 1.90. The molecule has 1 atom stereocenters. The first-order valence-corrected chi connectivity index (χ1v) is 8.08. The Morgan fingerprint density at radius 2 is 1.95 bits per heavy atom. The lowest BCUT2D eigenvalue weighted by molar-refractivity contribution is 0.0803. The number of aliphatic hydroxyl groups is 1. The van der Waals surface area contributed by atoms with Gasteiger partial charge in [0.25, 0.3) is 0 Å². The second-order valence-corrected chi connectivity index (χ2v) is 6.16. The highest BCUT2D eigenvalue weighted by atomic mass is 16.5. The van der Waals surface area contributed by atoms with E-state index in [-0.39, 0.29) is 0 Å². The van der Waals surface area contributed by atoms with Gasteiger partial charge >= 0.3 is 0 Å². The van der Waals surface area contributed by atoms with Crippen molar-refractivity contribution in [1.29, 1.82) is 0 Å².